The van der Waals surface area contributed by atoms with Crippen molar-refractivity contribution in [3.05, 3.63) is 35.9 Å². The minimum atomic E-state index is -4.42. The van der Waals surface area contributed by atoms with Gasteiger partial charge in [-0.15, -0.1) is 0 Å². The van der Waals surface area contributed by atoms with Gasteiger partial charge in [0.25, 0.3) is 0 Å². The molecule has 0 spiro atoms. The van der Waals surface area contributed by atoms with E-state index in [-0.39, 0.29) is 0 Å². The maximum absolute atomic E-state index is 11.8. The van der Waals surface area contributed by atoms with Crippen LogP contribution in [0.2, 0.25) is 0 Å². The number of carbonyl (C=O) groups is 1. The van der Waals surface area contributed by atoms with Crippen LogP contribution in [0.1, 0.15) is 11.6 Å². The molecule has 0 bridgehead atoms. The van der Waals surface area contributed by atoms with Crippen molar-refractivity contribution in [2.45, 2.75) is 12.2 Å². The second-order valence-corrected chi connectivity index (χ2v) is 3.22. The fraction of sp³-hybridized carbons (Fsp3) is 0.300. The molecule has 1 atom stereocenters. The fourth-order valence-electron chi connectivity index (χ4n) is 1.11. The molecule has 0 saturated heterocycles. The standard InChI is InChI=1S/C10H11F3N2O/c11-10(12,13)6-15-9(16)8(14)7-4-2-1-3-5-7/h1-5,8H,6,14H2,(H,15,16)/t8-/m1/s1. The molecule has 3 nitrogen and oxygen atoms in total. The lowest BCUT2D eigenvalue weighted by atomic mass is 10.1. The molecule has 3 N–H and O–H groups in total. The molecule has 1 rings (SSSR count). The maximum Gasteiger partial charge on any atom is 0.405 e. The quantitative estimate of drug-likeness (QED) is 0.826. The lowest BCUT2D eigenvalue weighted by Gasteiger charge is -2.13. The summed E-state index contributed by atoms with van der Waals surface area (Å²) in [5.74, 6) is -0.844. The molecular formula is C10H11F3N2O. The molecule has 0 aliphatic carbocycles. The molecule has 1 aromatic carbocycles. The molecule has 0 fully saturated rings. The van der Waals surface area contributed by atoms with Gasteiger partial charge >= 0.3 is 6.18 Å². The third-order valence-electron chi connectivity index (χ3n) is 1.90. The van der Waals surface area contributed by atoms with Crippen LogP contribution in [0.3, 0.4) is 0 Å². The maximum atomic E-state index is 11.8. The van der Waals surface area contributed by atoms with Gasteiger partial charge in [0.2, 0.25) is 5.91 Å². The largest absolute Gasteiger partial charge is 0.405 e. The number of hydrogen-bond donors (Lipinski definition) is 2. The average molecular weight is 232 g/mol. The van der Waals surface area contributed by atoms with Crippen LogP contribution < -0.4 is 11.1 Å². The fourth-order valence-corrected chi connectivity index (χ4v) is 1.11. The molecule has 1 amide bonds. The highest BCUT2D eigenvalue weighted by Gasteiger charge is 2.29. The predicted molar refractivity (Wildman–Crippen MR) is 52.4 cm³/mol. The minimum absolute atomic E-state index is 0.474. The first kappa shape index (κ1) is 12.5. The Morgan fingerprint density at radius 3 is 2.38 bits per heavy atom. The number of nitrogens with one attached hydrogen (secondary N) is 1. The zero-order valence-electron chi connectivity index (χ0n) is 8.29. The normalized spacial score (nSPS) is 13.2. The van der Waals surface area contributed by atoms with Gasteiger partial charge in [-0.2, -0.15) is 13.2 Å². The van der Waals surface area contributed by atoms with Crippen LogP contribution in [-0.2, 0) is 4.79 Å². The van der Waals surface area contributed by atoms with Gasteiger partial charge in [0.05, 0.1) is 0 Å². The Hall–Kier alpha value is -1.56. The lowest BCUT2D eigenvalue weighted by molar-refractivity contribution is -0.139. The summed E-state index contributed by atoms with van der Waals surface area (Å²) in [6.07, 6.45) is -4.42. The van der Waals surface area contributed by atoms with Gasteiger partial charge in [0.15, 0.2) is 0 Å². The van der Waals surface area contributed by atoms with Crippen LogP contribution in [-0.4, -0.2) is 18.6 Å². The molecule has 0 saturated carbocycles. The SMILES string of the molecule is N[C@@H](C(=O)NCC(F)(F)F)c1ccccc1. The molecular weight excluding hydrogens is 221 g/mol. The van der Waals surface area contributed by atoms with E-state index in [1.165, 1.54) is 0 Å². The first-order valence-electron chi connectivity index (χ1n) is 4.55. The second kappa shape index (κ2) is 4.98. The van der Waals surface area contributed by atoms with Gasteiger partial charge in [-0.25, -0.2) is 0 Å². The van der Waals surface area contributed by atoms with Crippen molar-refractivity contribution in [2.24, 2.45) is 5.73 Å². The highest BCUT2D eigenvalue weighted by atomic mass is 19.4. The number of nitrogens with two attached hydrogens (primary N) is 1. The predicted octanol–water partition coefficient (Wildman–Crippen LogP) is 1.36. The summed E-state index contributed by atoms with van der Waals surface area (Å²) in [6.45, 7) is -1.37. The monoisotopic (exact) mass is 232 g/mol. The van der Waals surface area contributed by atoms with E-state index in [0.717, 1.165) is 0 Å². The van der Waals surface area contributed by atoms with E-state index in [4.69, 9.17) is 5.73 Å². The highest BCUT2D eigenvalue weighted by molar-refractivity contribution is 5.82. The zero-order valence-corrected chi connectivity index (χ0v) is 8.29. The van der Waals surface area contributed by atoms with Gasteiger partial charge in [-0.3, -0.25) is 4.79 Å². The topological polar surface area (TPSA) is 55.1 Å². The number of carbonyl (C=O) groups excluding carboxylic acids is 1. The van der Waals surface area contributed by atoms with Crippen molar-refractivity contribution in [3.8, 4) is 0 Å². The van der Waals surface area contributed by atoms with E-state index in [1.54, 1.807) is 35.6 Å². The van der Waals surface area contributed by atoms with Crippen LogP contribution in [0.15, 0.2) is 30.3 Å². The smallest absolute Gasteiger partial charge is 0.345 e. The summed E-state index contributed by atoms with van der Waals surface area (Å²) in [5, 5.41) is 1.73. The Morgan fingerprint density at radius 1 is 1.31 bits per heavy atom. The summed E-state index contributed by atoms with van der Waals surface area (Å²) in [6, 6.07) is 7.13. The molecule has 0 aliphatic rings. The Kier molecular flexibility index (Phi) is 3.89. The van der Waals surface area contributed by atoms with E-state index >= 15 is 0 Å². The summed E-state index contributed by atoms with van der Waals surface area (Å²) < 4.78 is 35.5. The highest BCUT2D eigenvalue weighted by Crippen LogP contribution is 2.14. The molecule has 6 heteroatoms. The van der Waals surface area contributed by atoms with Crippen LogP contribution in [0, 0.1) is 0 Å². The summed E-state index contributed by atoms with van der Waals surface area (Å²) in [4.78, 5) is 11.3. The third-order valence-corrected chi connectivity index (χ3v) is 1.90. The van der Waals surface area contributed by atoms with Gasteiger partial charge in [-0.1, -0.05) is 30.3 Å². The first-order chi connectivity index (χ1) is 7.40. The van der Waals surface area contributed by atoms with Gasteiger partial charge < -0.3 is 11.1 Å². The molecule has 0 aromatic heterocycles. The van der Waals surface area contributed by atoms with Gasteiger partial charge in [0, 0.05) is 0 Å². The third kappa shape index (κ3) is 3.90. The Labute approximate surface area is 90.4 Å². The Bertz CT molecular complexity index is 351. The number of rotatable bonds is 3. The number of alkyl halides is 3. The van der Waals surface area contributed by atoms with E-state index in [1.807, 2.05) is 0 Å². The average Bonchev–Trinajstić information content (AvgIpc) is 2.25. The van der Waals surface area contributed by atoms with Crippen LogP contribution in [0.5, 0.6) is 0 Å². The van der Waals surface area contributed by atoms with Gasteiger partial charge in [-0.05, 0) is 5.56 Å². The van der Waals surface area contributed by atoms with E-state index in [2.05, 4.69) is 0 Å². The van der Waals surface area contributed by atoms with Crippen LogP contribution in [0.25, 0.3) is 0 Å². The number of amides is 1. The Morgan fingerprint density at radius 2 is 1.88 bits per heavy atom. The van der Waals surface area contributed by atoms with Crippen molar-refractivity contribution >= 4 is 5.91 Å². The van der Waals surface area contributed by atoms with Crippen molar-refractivity contribution in [2.75, 3.05) is 6.54 Å². The van der Waals surface area contributed by atoms with E-state index < -0.39 is 24.7 Å². The molecule has 16 heavy (non-hydrogen) atoms. The Balaban J connectivity index is 2.55. The number of halogens is 3. The number of hydrogen-bond acceptors (Lipinski definition) is 2. The molecule has 0 radical (unpaired) electrons. The second-order valence-electron chi connectivity index (χ2n) is 3.22. The molecule has 88 valence electrons. The zero-order chi connectivity index (χ0) is 12.2. The van der Waals surface area contributed by atoms with Crippen molar-refractivity contribution < 1.29 is 18.0 Å². The lowest BCUT2D eigenvalue weighted by Crippen LogP contribution is -2.39. The van der Waals surface area contributed by atoms with Crippen molar-refractivity contribution in [3.63, 3.8) is 0 Å². The van der Waals surface area contributed by atoms with Gasteiger partial charge in [0.1, 0.15) is 12.6 Å². The number of benzene rings is 1. The van der Waals surface area contributed by atoms with Crippen molar-refractivity contribution in [1.29, 1.82) is 0 Å². The van der Waals surface area contributed by atoms with E-state index in [0.29, 0.717) is 5.56 Å². The molecule has 0 heterocycles. The van der Waals surface area contributed by atoms with Crippen molar-refractivity contribution in [1.82, 2.24) is 5.32 Å². The van der Waals surface area contributed by atoms with Crippen LogP contribution >= 0.6 is 0 Å². The summed E-state index contributed by atoms with van der Waals surface area (Å²) >= 11 is 0. The van der Waals surface area contributed by atoms with Crippen LogP contribution in [0.4, 0.5) is 13.2 Å². The summed E-state index contributed by atoms with van der Waals surface area (Å²) in [5.41, 5.74) is 5.96. The molecule has 0 aliphatic heterocycles. The molecule has 1 aromatic rings. The minimum Gasteiger partial charge on any atom is -0.345 e. The van der Waals surface area contributed by atoms with E-state index in [9.17, 15) is 18.0 Å². The first-order valence-corrected chi connectivity index (χ1v) is 4.55. The molecule has 0 unspecified atom stereocenters. The summed E-state index contributed by atoms with van der Waals surface area (Å²) in [7, 11) is 0.